The maximum Gasteiger partial charge on any atom is 0.341 e. The lowest BCUT2D eigenvalue weighted by Crippen LogP contribution is -2.50. The van der Waals surface area contributed by atoms with Crippen molar-refractivity contribution in [3.8, 4) is 0 Å². The van der Waals surface area contributed by atoms with E-state index >= 15 is 0 Å². The van der Waals surface area contributed by atoms with Crippen LogP contribution in [0.3, 0.4) is 0 Å². The zero-order valence-electron chi connectivity index (χ0n) is 19.6. The predicted molar refractivity (Wildman–Crippen MR) is 132 cm³/mol. The van der Waals surface area contributed by atoms with Gasteiger partial charge in [-0.05, 0) is 57.2 Å². The van der Waals surface area contributed by atoms with Gasteiger partial charge in [-0.15, -0.1) is 11.3 Å². The highest BCUT2D eigenvalue weighted by atomic mass is 32.2. The summed E-state index contributed by atoms with van der Waals surface area (Å²) in [6.45, 7) is 5.69. The lowest BCUT2D eigenvalue weighted by molar-refractivity contribution is -0.117. The number of nitrogens with one attached hydrogen (secondary N) is 1. The molecule has 1 saturated heterocycles. The number of aryl methyl sites for hydroxylation is 2. The van der Waals surface area contributed by atoms with Gasteiger partial charge in [-0.3, -0.25) is 9.69 Å². The van der Waals surface area contributed by atoms with E-state index in [-0.39, 0.29) is 29.9 Å². The van der Waals surface area contributed by atoms with Gasteiger partial charge < -0.3 is 10.1 Å². The molecular weight excluding hydrogens is 474 g/mol. The van der Waals surface area contributed by atoms with E-state index in [2.05, 4.69) is 5.32 Å². The van der Waals surface area contributed by atoms with Crippen molar-refractivity contribution in [2.24, 2.45) is 0 Å². The quantitative estimate of drug-likeness (QED) is 0.581. The van der Waals surface area contributed by atoms with Crippen LogP contribution in [0.5, 0.6) is 0 Å². The molecule has 1 aromatic carbocycles. The number of ether oxygens (including phenoxy) is 1. The minimum absolute atomic E-state index is 0.142. The fraction of sp³-hybridized carbons (Fsp3) is 0.500. The van der Waals surface area contributed by atoms with Gasteiger partial charge in [0.2, 0.25) is 15.9 Å². The van der Waals surface area contributed by atoms with Gasteiger partial charge in [-0.25, -0.2) is 13.2 Å². The molecule has 0 unspecified atom stereocenters. The second-order valence-corrected chi connectivity index (χ2v) is 11.7. The fourth-order valence-electron chi connectivity index (χ4n) is 4.43. The van der Waals surface area contributed by atoms with Crippen LogP contribution in [0.2, 0.25) is 0 Å². The molecule has 1 fully saturated rings. The maximum absolute atomic E-state index is 12.9. The maximum atomic E-state index is 12.9. The molecule has 8 nitrogen and oxygen atoms in total. The van der Waals surface area contributed by atoms with Crippen molar-refractivity contribution in [3.05, 3.63) is 45.8 Å². The van der Waals surface area contributed by atoms with Crippen molar-refractivity contribution in [2.45, 2.75) is 44.4 Å². The second kappa shape index (κ2) is 10.6. The van der Waals surface area contributed by atoms with Crippen molar-refractivity contribution in [1.29, 1.82) is 0 Å². The average molecular weight is 506 g/mol. The number of hydrogen-bond donors (Lipinski definition) is 1. The Kier molecular flexibility index (Phi) is 7.71. The third kappa shape index (κ3) is 5.35. The second-order valence-electron chi connectivity index (χ2n) is 8.68. The summed E-state index contributed by atoms with van der Waals surface area (Å²) >= 11 is 1.47. The van der Waals surface area contributed by atoms with E-state index in [1.807, 2.05) is 11.8 Å². The van der Waals surface area contributed by atoms with Crippen molar-refractivity contribution in [3.63, 3.8) is 0 Å². The van der Waals surface area contributed by atoms with Gasteiger partial charge in [0, 0.05) is 31.1 Å². The number of anilines is 1. The Morgan fingerprint density at radius 3 is 2.41 bits per heavy atom. The van der Waals surface area contributed by atoms with E-state index in [9.17, 15) is 18.0 Å². The van der Waals surface area contributed by atoms with Crippen LogP contribution in [0.25, 0.3) is 0 Å². The van der Waals surface area contributed by atoms with E-state index in [0.717, 1.165) is 41.7 Å². The molecule has 1 amide bonds. The molecule has 1 aliphatic heterocycles. The molecular formula is C24H31N3O5S2. The van der Waals surface area contributed by atoms with E-state index in [0.29, 0.717) is 36.7 Å². The molecule has 2 heterocycles. The average Bonchev–Trinajstić information content (AvgIpc) is 3.17. The number of sulfonamides is 1. The lowest BCUT2D eigenvalue weighted by Gasteiger charge is -2.33. The highest BCUT2D eigenvalue weighted by molar-refractivity contribution is 7.89. The normalized spacial score (nSPS) is 17.2. The van der Waals surface area contributed by atoms with Gasteiger partial charge in [0.25, 0.3) is 0 Å². The summed E-state index contributed by atoms with van der Waals surface area (Å²) in [6, 6.07) is 6.85. The Hall–Kier alpha value is -2.27. The number of carbonyl (C=O) groups excluding carboxylic acids is 2. The first-order chi connectivity index (χ1) is 16.3. The summed E-state index contributed by atoms with van der Waals surface area (Å²) in [4.78, 5) is 28.8. The number of nitrogens with zero attached hydrogens (tertiary/aromatic N) is 2. The molecule has 10 heteroatoms. The number of esters is 1. The largest absolute Gasteiger partial charge is 0.462 e. The van der Waals surface area contributed by atoms with Crippen molar-refractivity contribution in [2.75, 3.05) is 44.6 Å². The van der Waals surface area contributed by atoms with Crippen LogP contribution in [-0.4, -0.2) is 68.8 Å². The number of rotatable bonds is 7. The summed E-state index contributed by atoms with van der Waals surface area (Å²) in [7, 11) is -3.55. The Bertz CT molecular complexity index is 1150. The number of amides is 1. The Balaban J connectivity index is 1.37. The molecule has 1 N–H and O–H groups in total. The topological polar surface area (TPSA) is 96.0 Å². The van der Waals surface area contributed by atoms with Crippen molar-refractivity contribution in [1.82, 2.24) is 9.21 Å². The van der Waals surface area contributed by atoms with Crippen molar-refractivity contribution < 1.29 is 22.7 Å². The zero-order chi connectivity index (χ0) is 24.3. The number of benzene rings is 1. The molecule has 4 rings (SSSR count). The van der Waals surface area contributed by atoms with E-state index in [4.69, 9.17) is 4.74 Å². The molecule has 0 radical (unpaired) electrons. The first-order valence-corrected chi connectivity index (χ1v) is 14.0. The Morgan fingerprint density at radius 1 is 1.06 bits per heavy atom. The predicted octanol–water partition coefficient (Wildman–Crippen LogP) is 3.06. The third-order valence-corrected chi connectivity index (χ3v) is 9.38. The molecule has 0 spiro atoms. The van der Waals surface area contributed by atoms with Crippen LogP contribution in [0.15, 0.2) is 29.2 Å². The van der Waals surface area contributed by atoms with Gasteiger partial charge in [-0.1, -0.05) is 17.7 Å². The summed E-state index contributed by atoms with van der Waals surface area (Å²) in [5.41, 5.74) is 2.52. The summed E-state index contributed by atoms with van der Waals surface area (Å²) < 4.78 is 32.5. The van der Waals surface area contributed by atoms with Gasteiger partial charge in [0.05, 0.1) is 23.6 Å². The van der Waals surface area contributed by atoms with Crippen LogP contribution in [0.1, 0.15) is 46.1 Å². The molecule has 0 saturated carbocycles. The third-order valence-electron chi connectivity index (χ3n) is 6.26. The summed E-state index contributed by atoms with van der Waals surface area (Å²) in [5, 5.41) is 3.50. The lowest BCUT2D eigenvalue weighted by atomic mass is 9.95. The summed E-state index contributed by atoms with van der Waals surface area (Å²) in [6.07, 6.45) is 3.85. The first kappa shape index (κ1) is 24.8. The zero-order valence-corrected chi connectivity index (χ0v) is 21.3. The van der Waals surface area contributed by atoms with Crippen LogP contribution in [0, 0.1) is 6.92 Å². The van der Waals surface area contributed by atoms with Gasteiger partial charge in [0.1, 0.15) is 5.00 Å². The van der Waals surface area contributed by atoms with Gasteiger partial charge in [0.15, 0.2) is 0 Å². The molecule has 2 aromatic rings. The van der Waals surface area contributed by atoms with Gasteiger partial charge >= 0.3 is 5.97 Å². The summed E-state index contributed by atoms with van der Waals surface area (Å²) in [5.74, 6) is -0.592. The number of thiophene rings is 1. The van der Waals surface area contributed by atoms with E-state index in [1.165, 1.54) is 15.6 Å². The smallest absolute Gasteiger partial charge is 0.341 e. The molecule has 1 aromatic heterocycles. The fourth-order valence-corrected chi connectivity index (χ4v) is 7.15. The molecule has 1 aliphatic carbocycles. The highest BCUT2D eigenvalue weighted by Gasteiger charge is 2.30. The Morgan fingerprint density at radius 2 is 1.74 bits per heavy atom. The monoisotopic (exact) mass is 505 g/mol. The first-order valence-electron chi connectivity index (χ1n) is 11.7. The van der Waals surface area contributed by atoms with Crippen LogP contribution in [-0.2, 0) is 32.4 Å². The highest BCUT2D eigenvalue weighted by Crippen LogP contribution is 2.38. The number of hydrogen-bond acceptors (Lipinski definition) is 7. The number of carbonyl (C=O) groups is 2. The number of piperazine rings is 1. The molecule has 2 aliphatic rings. The molecule has 34 heavy (non-hydrogen) atoms. The molecule has 184 valence electrons. The van der Waals surface area contributed by atoms with Crippen LogP contribution < -0.4 is 5.32 Å². The van der Waals surface area contributed by atoms with E-state index in [1.54, 1.807) is 31.2 Å². The minimum atomic E-state index is -3.55. The van der Waals surface area contributed by atoms with Crippen LogP contribution in [0.4, 0.5) is 5.00 Å². The van der Waals surface area contributed by atoms with Gasteiger partial charge in [-0.2, -0.15) is 4.31 Å². The van der Waals surface area contributed by atoms with Crippen LogP contribution >= 0.6 is 11.3 Å². The van der Waals surface area contributed by atoms with E-state index < -0.39 is 10.0 Å². The number of fused-ring (bicyclic) bond motifs is 1. The molecule has 0 bridgehead atoms. The minimum Gasteiger partial charge on any atom is -0.462 e. The Labute approximate surface area is 204 Å². The van der Waals surface area contributed by atoms with Crippen molar-refractivity contribution >= 4 is 38.2 Å². The SMILES string of the molecule is CCOC(=O)c1c(NC(=O)CN2CCN(S(=O)(=O)c3ccc(C)cc3)CC2)sc2c1CCCC2. The molecule has 0 atom stereocenters. The standard InChI is InChI=1S/C24H31N3O5S2/c1-3-32-24(29)22-19-6-4-5-7-20(19)33-23(22)25-21(28)16-26-12-14-27(15-13-26)34(30,31)18-10-8-17(2)9-11-18/h8-11H,3-7,12-16H2,1-2H3,(H,25,28).